The van der Waals surface area contributed by atoms with E-state index < -0.39 is 5.97 Å². The predicted molar refractivity (Wildman–Crippen MR) is 38.6 cm³/mol. The molecule has 0 aliphatic carbocycles. The van der Waals surface area contributed by atoms with E-state index in [1.165, 1.54) is 30.3 Å². The van der Waals surface area contributed by atoms with E-state index in [-0.39, 0.29) is 5.56 Å². The van der Waals surface area contributed by atoms with Crippen LogP contribution in [0.4, 0.5) is 5.69 Å². The van der Waals surface area contributed by atoms with E-state index in [9.17, 15) is 14.7 Å². The van der Waals surface area contributed by atoms with Crippen molar-refractivity contribution in [1.82, 2.24) is 0 Å². The average Bonchev–Trinajstić information content (AvgIpc) is 2.06. The number of rotatable bonds is 2. The van der Waals surface area contributed by atoms with Gasteiger partial charge in [-0.15, -0.1) is 0 Å². The first-order valence-electron chi connectivity index (χ1n) is 3.13. The third-order valence-electron chi connectivity index (χ3n) is 1.28. The van der Waals surface area contributed by atoms with Crippen LogP contribution in [-0.4, -0.2) is 12.0 Å². The van der Waals surface area contributed by atoms with Crippen LogP contribution in [0.2, 0.25) is 0 Å². The summed E-state index contributed by atoms with van der Waals surface area (Å²) >= 11 is 0. The van der Waals surface area contributed by atoms with Crippen LogP contribution in [0.3, 0.4) is 0 Å². The minimum atomic E-state index is -1.25. The van der Waals surface area contributed by atoms with Crippen LogP contribution in [0.15, 0.2) is 29.3 Å². The molecule has 0 radical (unpaired) electrons. The van der Waals surface area contributed by atoms with E-state index in [2.05, 4.69) is 4.99 Å². The molecule has 0 unspecified atom stereocenters. The molecule has 1 rings (SSSR count). The quantitative estimate of drug-likeness (QED) is 0.454. The van der Waals surface area contributed by atoms with Gasteiger partial charge in [-0.1, -0.05) is 12.1 Å². The third-order valence-corrected chi connectivity index (χ3v) is 1.28. The molecule has 0 heterocycles. The smallest absolute Gasteiger partial charge is 0.240 e. The first kappa shape index (κ1) is 8.17. The Morgan fingerprint density at radius 1 is 1.33 bits per heavy atom. The zero-order valence-corrected chi connectivity index (χ0v) is 5.98. The molecule has 4 heteroatoms. The Kier molecular flexibility index (Phi) is 2.35. The van der Waals surface area contributed by atoms with Crippen molar-refractivity contribution in [2.24, 2.45) is 4.99 Å². The molecule has 1 aromatic rings. The summed E-state index contributed by atoms with van der Waals surface area (Å²) in [6.45, 7) is 0. The molecule has 0 amide bonds. The van der Waals surface area contributed by atoms with Crippen LogP contribution in [0, 0.1) is 0 Å². The highest BCUT2D eigenvalue weighted by atomic mass is 16.4. The number of benzene rings is 1. The lowest BCUT2D eigenvalue weighted by atomic mass is 10.2. The fourth-order valence-corrected chi connectivity index (χ4v) is 0.725. The lowest BCUT2D eigenvalue weighted by Gasteiger charge is -1.99. The minimum Gasteiger partial charge on any atom is -0.545 e. The van der Waals surface area contributed by atoms with Gasteiger partial charge in [0.25, 0.3) is 0 Å². The van der Waals surface area contributed by atoms with Gasteiger partial charge in [0.05, 0.1) is 11.7 Å². The molecule has 0 fully saturated rings. The van der Waals surface area contributed by atoms with E-state index in [4.69, 9.17) is 0 Å². The first-order chi connectivity index (χ1) is 5.74. The highest BCUT2D eigenvalue weighted by Crippen LogP contribution is 2.11. The zero-order chi connectivity index (χ0) is 8.97. The number of carboxylic acids is 1. The fraction of sp³-hybridized carbons (Fsp3) is 0. The first-order valence-corrected chi connectivity index (χ1v) is 3.13. The number of hydrogen-bond donors (Lipinski definition) is 0. The van der Waals surface area contributed by atoms with Crippen molar-refractivity contribution in [3.63, 3.8) is 0 Å². The van der Waals surface area contributed by atoms with E-state index in [1.807, 2.05) is 0 Å². The Morgan fingerprint density at radius 3 is 2.33 bits per heavy atom. The number of carboxylic acid groups (broad SMARTS) is 1. The molecular formula is C8H4NO3-. The number of isocyanates is 1. The van der Waals surface area contributed by atoms with Gasteiger partial charge in [0, 0.05) is 0 Å². The van der Waals surface area contributed by atoms with Crippen molar-refractivity contribution in [2.45, 2.75) is 0 Å². The van der Waals surface area contributed by atoms with E-state index in [1.54, 1.807) is 0 Å². The topological polar surface area (TPSA) is 69.6 Å². The lowest BCUT2D eigenvalue weighted by Crippen LogP contribution is -2.21. The summed E-state index contributed by atoms with van der Waals surface area (Å²) in [6.07, 6.45) is 1.34. The number of carbonyl (C=O) groups is 1. The van der Waals surface area contributed by atoms with Crippen molar-refractivity contribution < 1.29 is 14.7 Å². The normalized spacial score (nSPS) is 8.67. The molecule has 0 aromatic heterocycles. The molecule has 1 aromatic carbocycles. The van der Waals surface area contributed by atoms with E-state index >= 15 is 0 Å². The second-order valence-corrected chi connectivity index (χ2v) is 2.04. The number of nitrogens with zero attached hydrogens (tertiary/aromatic N) is 1. The molecule has 0 aliphatic rings. The summed E-state index contributed by atoms with van der Waals surface area (Å²) in [5, 5.41) is 10.3. The minimum absolute atomic E-state index is 0.0554. The maximum absolute atomic E-state index is 10.3. The molecule has 0 atom stereocenters. The van der Waals surface area contributed by atoms with Crippen molar-refractivity contribution in [2.75, 3.05) is 0 Å². The molecule has 0 aliphatic heterocycles. The van der Waals surface area contributed by atoms with Crippen LogP contribution in [-0.2, 0) is 4.79 Å². The lowest BCUT2D eigenvalue weighted by molar-refractivity contribution is -0.255. The summed E-state index contributed by atoms with van der Waals surface area (Å²) < 4.78 is 0. The largest absolute Gasteiger partial charge is 0.545 e. The van der Waals surface area contributed by atoms with Gasteiger partial charge in [-0.3, -0.25) is 0 Å². The van der Waals surface area contributed by atoms with Crippen LogP contribution in [0.25, 0.3) is 0 Å². The Morgan fingerprint density at radius 2 is 1.92 bits per heavy atom. The summed E-state index contributed by atoms with van der Waals surface area (Å²) in [7, 11) is 0. The van der Waals surface area contributed by atoms with Crippen LogP contribution < -0.4 is 5.11 Å². The number of aliphatic imine (C=N–C) groups is 1. The Hall–Kier alpha value is -1.93. The van der Waals surface area contributed by atoms with Crippen molar-refractivity contribution in [3.8, 4) is 0 Å². The molecule has 12 heavy (non-hydrogen) atoms. The fourth-order valence-electron chi connectivity index (χ4n) is 0.725. The molecular weight excluding hydrogens is 158 g/mol. The van der Waals surface area contributed by atoms with Crippen molar-refractivity contribution in [1.29, 1.82) is 0 Å². The molecule has 0 spiro atoms. The van der Waals surface area contributed by atoms with Crippen LogP contribution >= 0.6 is 0 Å². The van der Waals surface area contributed by atoms with Gasteiger partial charge >= 0.3 is 0 Å². The molecule has 60 valence electrons. The van der Waals surface area contributed by atoms with Gasteiger partial charge in [-0.05, 0) is 17.7 Å². The van der Waals surface area contributed by atoms with Crippen molar-refractivity contribution >= 4 is 17.7 Å². The van der Waals surface area contributed by atoms with Gasteiger partial charge in [-0.25, -0.2) is 4.79 Å². The van der Waals surface area contributed by atoms with Crippen LogP contribution in [0.5, 0.6) is 0 Å². The number of hydrogen-bond acceptors (Lipinski definition) is 4. The highest BCUT2D eigenvalue weighted by Gasteiger charge is 1.92. The molecule has 0 bridgehead atoms. The second-order valence-electron chi connectivity index (χ2n) is 2.04. The predicted octanol–water partition coefficient (Wildman–Crippen LogP) is 0.0174. The zero-order valence-electron chi connectivity index (χ0n) is 5.98. The van der Waals surface area contributed by atoms with Gasteiger partial charge in [0.1, 0.15) is 0 Å². The van der Waals surface area contributed by atoms with Gasteiger partial charge < -0.3 is 9.90 Å². The third kappa shape index (κ3) is 1.78. The summed E-state index contributed by atoms with van der Waals surface area (Å²) in [6, 6.07) is 5.42. The molecule has 0 saturated carbocycles. The number of aromatic carboxylic acids is 1. The average molecular weight is 162 g/mol. The summed E-state index contributed by atoms with van der Waals surface area (Å²) in [5.74, 6) is -1.25. The SMILES string of the molecule is O=C=Nc1ccc(C(=O)[O-])cc1. The summed E-state index contributed by atoms with van der Waals surface area (Å²) in [4.78, 5) is 23.3. The van der Waals surface area contributed by atoms with E-state index in [0.29, 0.717) is 5.69 Å². The Bertz CT molecular complexity index is 315. The standard InChI is InChI=1S/C8H5NO3/c10-5-9-7-3-1-6(2-4-7)8(11)12/h1-4H,(H,11,12)/p-1. The Balaban J connectivity index is 3.00. The van der Waals surface area contributed by atoms with Gasteiger partial charge in [-0.2, -0.15) is 4.99 Å². The highest BCUT2D eigenvalue weighted by molar-refractivity contribution is 5.86. The maximum Gasteiger partial charge on any atom is 0.240 e. The Labute approximate surface area is 68.2 Å². The molecule has 0 N–H and O–H groups in total. The molecule has 0 saturated heterocycles. The molecule has 4 nitrogen and oxygen atoms in total. The van der Waals surface area contributed by atoms with E-state index in [0.717, 1.165) is 0 Å². The van der Waals surface area contributed by atoms with Gasteiger partial charge in [0.15, 0.2) is 0 Å². The van der Waals surface area contributed by atoms with Gasteiger partial charge in [0.2, 0.25) is 6.08 Å². The van der Waals surface area contributed by atoms with Crippen LogP contribution in [0.1, 0.15) is 10.4 Å². The summed E-state index contributed by atoms with van der Waals surface area (Å²) in [5.41, 5.74) is 0.426. The van der Waals surface area contributed by atoms with Crippen molar-refractivity contribution in [3.05, 3.63) is 29.8 Å². The second kappa shape index (κ2) is 3.46. The number of carbonyl (C=O) groups excluding carboxylic acids is 2. The monoisotopic (exact) mass is 162 g/mol. The maximum atomic E-state index is 10.3.